The summed E-state index contributed by atoms with van der Waals surface area (Å²) in [7, 11) is 0. The summed E-state index contributed by atoms with van der Waals surface area (Å²) < 4.78 is 27.1. The molecule has 3 unspecified atom stereocenters. The van der Waals surface area contributed by atoms with Gasteiger partial charge in [-0.05, 0) is 29.7 Å². The first-order valence-corrected chi connectivity index (χ1v) is 11.1. The van der Waals surface area contributed by atoms with Gasteiger partial charge in [-0.3, -0.25) is 24.6 Å². The standard InChI is InChI=1S/C25H27N3O5/c29-23-9-8-21(24(30)26-23)28-15-20-19(25(28)31)2-1-3-22(20)33-16-18-6-4-17(5-7-18)14-27-10-12-32-13-11-27/h1-7,21H,8-16H2,(H,26,29,30)/i10D,12D. The second-order valence-electron chi connectivity index (χ2n) is 8.41. The van der Waals surface area contributed by atoms with Crippen LogP contribution in [0.4, 0.5) is 0 Å². The van der Waals surface area contributed by atoms with Crippen molar-refractivity contribution in [3.63, 3.8) is 0 Å². The van der Waals surface area contributed by atoms with Crippen LogP contribution in [0.3, 0.4) is 0 Å². The van der Waals surface area contributed by atoms with E-state index in [0.29, 0.717) is 44.0 Å². The van der Waals surface area contributed by atoms with Crippen molar-refractivity contribution in [1.29, 1.82) is 0 Å². The van der Waals surface area contributed by atoms with Crippen LogP contribution in [0.25, 0.3) is 0 Å². The molecule has 3 amide bonds. The minimum Gasteiger partial charge on any atom is -0.489 e. The molecule has 3 aliphatic heterocycles. The fourth-order valence-electron chi connectivity index (χ4n) is 4.40. The number of carbonyl (C=O) groups excluding carboxylic acids is 3. The highest BCUT2D eigenvalue weighted by Gasteiger charge is 2.40. The lowest BCUT2D eigenvalue weighted by molar-refractivity contribution is -0.136. The monoisotopic (exact) mass is 451 g/mol. The van der Waals surface area contributed by atoms with E-state index in [2.05, 4.69) is 5.32 Å². The second kappa shape index (κ2) is 9.33. The maximum atomic E-state index is 13.0. The number of fused-ring (bicyclic) bond motifs is 1. The molecule has 0 aliphatic carbocycles. The lowest BCUT2D eigenvalue weighted by Gasteiger charge is -2.29. The summed E-state index contributed by atoms with van der Waals surface area (Å²) in [5.74, 6) is -0.371. The van der Waals surface area contributed by atoms with E-state index in [1.54, 1.807) is 12.1 Å². The lowest BCUT2D eigenvalue weighted by Crippen LogP contribution is -2.52. The third-order valence-corrected chi connectivity index (χ3v) is 6.21. The van der Waals surface area contributed by atoms with Gasteiger partial charge in [0.1, 0.15) is 18.4 Å². The molecular formula is C25H27N3O5. The van der Waals surface area contributed by atoms with E-state index in [4.69, 9.17) is 12.2 Å². The Morgan fingerprint density at radius 3 is 2.76 bits per heavy atom. The van der Waals surface area contributed by atoms with Gasteiger partial charge in [-0.1, -0.05) is 30.3 Å². The molecule has 3 aliphatic rings. The van der Waals surface area contributed by atoms with Gasteiger partial charge in [0.2, 0.25) is 11.8 Å². The van der Waals surface area contributed by atoms with Crippen molar-refractivity contribution in [3.8, 4) is 5.75 Å². The molecule has 3 heterocycles. The molecule has 0 aromatic heterocycles. The molecule has 0 saturated carbocycles. The minimum absolute atomic E-state index is 0.216. The Balaban J connectivity index is 1.22. The zero-order valence-electron chi connectivity index (χ0n) is 20.2. The first-order valence-electron chi connectivity index (χ1n) is 12.2. The summed E-state index contributed by atoms with van der Waals surface area (Å²) in [5.41, 5.74) is 3.27. The van der Waals surface area contributed by atoms with Gasteiger partial charge in [-0.25, -0.2) is 0 Å². The first kappa shape index (κ1) is 19.3. The third kappa shape index (κ3) is 4.62. The Hall–Kier alpha value is -3.23. The molecular weight excluding hydrogens is 422 g/mol. The number of piperidine rings is 1. The Morgan fingerprint density at radius 1 is 1.12 bits per heavy atom. The van der Waals surface area contributed by atoms with Crippen LogP contribution in [0.15, 0.2) is 42.5 Å². The number of ether oxygens (including phenoxy) is 2. The number of benzene rings is 2. The highest BCUT2D eigenvalue weighted by molar-refractivity contribution is 6.05. The summed E-state index contributed by atoms with van der Waals surface area (Å²) in [6, 6.07) is 12.6. The van der Waals surface area contributed by atoms with Crippen LogP contribution in [-0.4, -0.2) is 59.8 Å². The topological polar surface area (TPSA) is 88.2 Å². The summed E-state index contributed by atoms with van der Waals surface area (Å²) >= 11 is 0. The van der Waals surface area contributed by atoms with Gasteiger partial charge in [0.25, 0.3) is 5.91 Å². The van der Waals surface area contributed by atoms with Crippen molar-refractivity contribution in [3.05, 3.63) is 64.7 Å². The molecule has 3 atom stereocenters. The SMILES string of the molecule is [2H]C1OCCN(Cc2ccc(COc3cccc4c3CN(C3CCC(=O)NC3=O)C4=O)cc2)C1[2H]. The van der Waals surface area contributed by atoms with E-state index < -0.39 is 25.1 Å². The number of hydrogen-bond acceptors (Lipinski definition) is 6. The fraction of sp³-hybridized carbons (Fsp3) is 0.400. The van der Waals surface area contributed by atoms with Crippen LogP contribution >= 0.6 is 0 Å². The van der Waals surface area contributed by atoms with Crippen molar-refractivity contribution in [2.75, 3.05) is 26.3 Å². The molecule has 0 spiro atoms. The molecule has 8 heteroatoms. The normalized spacial score (nSPS) is 26.5. The Bertz CT molecular complexity index is 1140. The van der Waals surface area contributed by atoms with Crippen molar-refractivity contribution >= 4 is 17.7 Å². The molecule has 0 bridgehead atoms. The number of morpholine rings is 1. The van der Waals surface area contributed by atoms with Crippen molar-refractivity contribution in [1.82, 2.24) is 15.1 Å². The van der Waals surface area contributed by atoms with Crippen LogP contribution in [0.5, 0.6) is 5.75 Å². The van der Waals surface area contributed by atoms with Crippen LogP contribution < -0.4 is 10.1 Å². The van der Waals surface area contributed by atoms with E-state index >= 15 is 0 Å². The maximum absolute atomic E-state index is 13.0. The van der Waals surface area contributed by atoms with Crippen molar-refractivity contribution in [2.45, 2.75) is 38.6 Å². The number of rotatable bonds is 6. The average molecular weight is 452 g/mol. The largest absolute Gasteiger partial charge is 0.489 e. The highest BCUT2D eigenvalue weighted by atomic mass is 16.5. The molecule has 2 fully saturated rings. The van der Waals surface area contributed by atoms with E-state index in [9.17, 15) is 14.4 Å². The van der Waals surface area contributed by atoms with Crippen LogP contribution in [0.2, 0.25) is 0 Å². The van der Waals surface area contributed by atoms with Crippen molar-refractivity contribution < 1.29 is 26.6 Å². The summed E-state index contributed by atoms with van der Waals surface area (Å²) in [4.78, 5) is 40.2. The van der Waals surface area contributed by atoms with Gasteiger partial charge in [0.15, 0.2) is 0 Å². The summed E-state index contributed by atoms with van der Waals surface area (Å²) in [5, 5.41) is 2.32. The molecule has 2 aromatic carbocycles. The molecule has 2 aromatic rings. The fourth-order valence-corrected chi connectivity index (χ4v) is 4.40. The predicted octanol–water partition coefficient (Wildman–Crippen LogP) is 1.86. The van der Waals surface area contributed by atoms with Crippen LogP contribution in [-0.2, 0) is 34.0 Å². The zero-order valence-corrected chi connectivity index (χ0v) is 18.2. The van der Waals surface area contributed by atoms with Gasteiger partial charge in [0.05, 0.1) is 21.1 Å². The Kier molecular flexibility index (Phi) is 5.44. The van der Waals surface area contributed by atoms with Gasteiger partial charge >= 0.3 is 0 Å². The van der Waals surface area contributed by atoms with Gasteiger partial charge < -0.3 is 14.4 Å². The number of imide groups is 1. The number of nitrogens with one attached hydrogen (secondary N) is 1. The molecule has 1 N–H and O–H groups in total. The first-order chi connectivity index (χ1) is 16.9. The molecule has 33 heavy (non-hydrogen) atoms. The minimum atomic E-state index is -0.846. The maximum Gasteiger partial charge on any atom is 0.255 e. The van der Waals surface area contributed by atoms with E-state index in [1.165, 1.54) is 4.90 Å². The van der Waals surface area contributed by atoms with E-state index in [-0.39, 0.29) is 24.8 Å². The number of nitrogens with zero attached hydrogens (tertiary/aromatic N) is 2. The van der Waals surface area contributed by atoms with Crippen LogP contribution in [0.1, 0.15) is 42.6 Å². The Morgan fingerprint density at radius 2 is 1.94 bits per heavy atom. The highest BCUT2D eigenvalue weighted by Crippen LogP contribution is 2.34. The van der Waals surface area contributed by atoms with Crippen molar-refractivity contribution in [2.24, 2.45) is 0 Å². The Labute approximate surface area is 195 Å². The van der Waals surface area contributed by atoms with Crippen LogP contribution in [0, 0.1) is 0 Å². The second-order valence-corrected chi connectivity index (χ2v) is 8.41. The predicted molar refractivity (Wildman–Crippen MR) is 119 cm³/mol. The molecule has 5 rings (SSSR count). The van der Waals surface area contributed by atoms with E-state index in [1.807, 2.05) is 35.2 Å². The summed E-state index contributed by atoms with van der Waals surface area (Å²) in [6.07, 6.45) is 0.536. The third-order valence-electron chi connectivity index (χ3n) is 6.21. The van der Waals surface area contributed by atoms with Gasteiger partial charge in [-0.15, -0.1) is 0 Å². The number of amides is 3. The number of hydrogen-bond donors (Lipinski definition) is 1. The van der Waals surface area contributed by atoms with Gasteiger partial charge in [0, 0.05) is 38.5 Å². The molecule has 2 saturated heterocycles. The quantitative estimate of drug-likeness (QED) is 0.675. The molecule has 8 nitrogen and oxygen atoms in total. The lowest BCUT2D eigenvalue weighted by atomic mass is 10.0. The summed E-state index contributed by atoms with van der Waals surface area (Å²) in [6.45, 7) is 0.703. The zero-order chi connectivity index (χ0) is 24.5. The molecule has 0 radical (unpaired) electrons. The smallest absolute Gasteiger partial charge is 0.255 e. The van der Waals surface area contributed by atoms with Gasteiger partial charge in [-0.2, -0.15) is 0 Å². The average Bonchev–Trinajstić information content (AvgIpc) is 3.18. The van der Waals surface area contributed by atoms with E-state index in [0.717, 1.165) is 16.7 Å². The molecule has 172 valence electrons. The number of carbonyl (C=O) groups is 3.